The van der Waals surface area contributed by atoms with Gasteiger partial charge in [0.2, 0.25) is 28.7 Å². The zero-order valence-electron chi connectivity index (χ0n) is 73.0. The van der Waals surface area contributed by atoms with Crippen LogP contribution >= 0.6 is 0 Å². The van der Waals surface area contributed by atoms with Gasteiger partial charge in [-0.05, 0) is 97.3 Å². The second-order valence-electron chi connectivity index (χ2n) is 33.0. The molecule has 1 aromatic heterocycles. The molecule has 0 fully saturated rings. The topological polar surface area (TPSA) is 290 Å². The number of carbonyl (C=O) groups excluding carboxylic acids is 5. The lowest BCUT2D eigenvalue weighted by atomic mass is 9.97. The fraction of sp³-hybridized carbons (Fsp3) is 0.0708. The molecular weight excluding hydrogens is 1790 g/mol. The first kappa shape index (κ1) is 86.7. The van der Waals surface area contributed by atoms with E-state index in [-0.39, 0.29) is 115 Å². The van der Waals surface area contributed by atoms with Gasteiger partial charge in [0, 0.05) is 55.6 Å². The third kappa shape index (κ3) is 15.8. The maximum atomic E-state index is 16.1. The molecule has 22 rings (SSSR count). The molecule has 17 aromatic rings. The largest absolute Gasteiger partial charge is 0.478 e. The first-order chi connectivity index (χ1) is 68.2. The normalized spacial score (nSPS) is 14.5. The summed E-state index contributed by atoms with van der Waals surface area (Å²) >= 11 is 0. The van der Waals surface area contributed by atoms with Gasteiger partial charge in [-0.1, -0.05) is 315 Å². The van der Waals surface area contributed by atoms with Gasteiger partial charge in [-0.15, -0.1) is 0 Å². The van der Waals surface area contributed by atoms with Crippen LogP contribution in [0, 0.1) is 0 Å². The summed E-state index contributed by atoms with van der Waals surface area (Å²) in [5.74, 6) is -19.9. The van der Waals surface area contributed by atoms with Gasteiger partial charge in [0.05, 0.1) is 39.1 Å². The molecule has 5 aliphatic heterocycles. The molecule has 5 aliphatic rings. The number of hydrogen-bond acceptors (Lipinski definition) is 22. The van der Waals surface area contributed by atoms with E-state index in [0.717, 1.165) is 18.2 Å². The van der Waals surface area contributed by atoms with Crippen molar-refractivity contribution in [3.05, 3.63) is 500 Å². The Morgan fingerprint density at radius 2 is 0.479 bits per heavy atom. The molecular formula is C113H71F3N2O22. The summed E-state index contributed by atoms with van der Waals surface area (Å²) in [5.41, 5.74) is 2.91. The highest BCUT2D eigenvalue weighted by Crippen LogP contribution is 2.60. The number of alkyl halides is 3. The molecule has 16 aromatic carbocycles. The first-order valence-corrected chi connectivity index (χ1v) is 44.1. The summed E-state index contributed by atoms with van der Waals surface area (Å²) in [5, 5.41) is 17.7. The van der Waals surface area contributed by atoms with Crippen molar-refractivity contribution < 1.29 is 118 Å². The Hall–Kier alpha value is -18.7. The predicted octanol–water partition coefficient (Wildman–Crippen LogP) is 22.4. The van der Waals surface area contributed by atoms with Crippen molar-refractivity contribution in [3.8, 4) is 86.2 Å². The van der Waals surface area contributed by atoms with E-state index in [1.807, 2.05) is 0 Å². The van der Waals surface area contributed by atoms with Gasteiger partial charge in [0.15, 0.2) is 57.5 Å². The molecule has 0 saturated carbocycles. The van der Waals surface area contributed by atoms with E-state index in [1.165, 1.54) is 72.8 Å². The number of halogens is 3. The van der Waals surface area contributed by atoms with Gasteiger partial charge in [-0.3, -0.25) is 5.10 Å². The number of carboxylic acid groups (broad SMARTS) is 1. The molecule has 0 atom stereocenters. The van der Waals surface area contributed by atoms with Crippen molar-refractivity contribution in [1.82, 2.24) is 10.2 Å². The lowest BCUT2D eigenvalue weighted by molar-refractivity contribution is -0.137. The van der Waals surface area contributed by atoms with E-state index >= 15 is 19.2 Å². The van der Waals surface area contributed by atoms with Crippen molar-refractivity contribution in [2.45, 2.75) is 48.0 Å². The van der Waals surface area contributed by atoms with Crippen LogP contribution in [0.25, 0.3) is 0 Å². The average Bonchev–Trinajstić information content (AvgIpc) is 1.60. The molecule has 0 amide bonds. The quantitative estimate of drug-likeness (QED) is 0.0420. The molecule has 0 aliphatic carbocycles. The van der Waals surface area contributed by atoms with Crippen LogP contribution in [0.15, 0.2) is 394 Å². The van der Waals surface area contributed by atoms with E-state index in [1.54, 1.807) is 303 Å². The average molecular weight is 1870 g/mol. The second kappa shape index (κ2) is 35.0. The van der Waals surface area contributed by atoms with Crippen LogP contribution in [0.5, 0.6) is 86.2 Å². The van der Waals surface area contributed by atoms with Gasteiger partial charge < -0.3 is 76.2 Å². The lowest BCUT2D eigenvalue weighted by Crippen LogP contribution is -2.36. The minimum absolute atomic E-state index is 0.0806. The molecule has 24 nitrogen and oxygen atoms in total. The molecule has 0 unspecified atom stereocenters. The second-order valence-corrected chi connectivity index (χ2v) is 33.0. The number of esters is 5. The Bertz CT molecular complexity index is 7510. The number of aromatic amines is 1. The molecule has 0 saturated heterocycles. The standard InChI is InChI=1S/C113H71F3N2O22/c114-113(115,116)84-54-51-68(52-55-84)53-56-85-67-86(118-117-85)107(125)130-91-62-73(66-96-101(91)140-112(135-96,82-47-27-9-28-48-82)83-49-29-10-30-50-83)106(124)129-90-61-72(65-95-100(90)139-111(134-95,80-43-23-7-24-44-80)81-45-25-8-26-46-81)105(123)128-89-60-71(64-94-99(89)138-110(133-94,78-39-19-5-20-40-78)79-41-21-6-22-42-79)104(122)127-88-59-70(63-93-98(88)137-109(132-93,76-35-15-3-16-36-76)77-37-17-4-18-38-77)103(121)126-87-57-69(102(119)120)58-92-97(87)136-108(131-92,74-31-11-1-12-32-74)75-33-13-2-14-34-75/h1-52,54-55,57-67H,53,56H2,(H,117,118)(H,119,120). The SMILES string of the molecule is O=C(O)c1cc(OC(=O)c2cc(OC(=O)c3cc(OC(=O)c4cc(OC(=O)c5cc(OC(=O)c6cc(CCc7ccc(C(F)(F)F)cc7)n[nH]6)c6c(c5)OC(c5ccccc5)(c5ccccc5)O6)c5c(c4)OC(c4ccccc4)(c4ccccc4)O5)c4c(c3)OC(c3ccccc3)(c3ccccc3)O4)c3c(c2)OC(c2ccccc2)(c2ccccc2)O3)c2c(c1)OC(c1ccccc1)(c1ccccc1)O2. The minimum Gasteiger partial charge on any atom is -0.478 e. The van der Waals surface area contributed by atoms with Gasteiger partial charge in [0.25, 0.3) is 0 Å². The molecule has 0 bridgehead atoms. The number of carboxylic acids is 1. The van der Waals surface area contributed by atoms with E-state index in [2.05, 4.69) is 10.2 Å². The number of nitrogens with one attached hydrogen (secondary N) is 1. The lowest BCUT2D eigenvalue weighted by Gasteiger charge is -2.28. The van der Waals surface area contributed by atoms with E-state index in [4.69, 9.17) is 71.1 Å². The molecule has 27 heteroatoms. The van der Waals surface area contributed by atoms with Crippen LogP contribution in [-0.2, 0) is 48.0 Å². The summed E-state index contributed by atoms with van der Waals surface area (Å²) in [6.07, 6.45) is -4.09. The number of H-pyrrole nitrogens is 1. The van der Waals surface area contributed by atoms with Crippen molar-refractivity contribution in [3.63, 3.8) is 0 Å². The Morgan fingerprint density at radius 1 is 0.264 bits per heavy atom. The number of hydrogen-bond donors (Lipinski definition) is 2. The zero-order chi connectivity index (χ0) is 95.5. The Balaban J connectivity index is 0.646. The number of fused-ring (bicyclic) bond motifs is 5. The summed E-state index contributed by atoms with van der Waals surface area (Å²) < 4.78 is 142. The predicted molar refractivity (Wildman–Crippen MR) is 496 cm³/mol. The van der Waals surface area contributed by atoms with Crippen LogP contribution < -0.4 is 71.1 Å². The minimum atomic E-state index is -4.54. The Morgan fingerprint density at radius 3 is 0.700 bits per heavy atom. The smallest absolute Gasteiger partial charge is 0.416 e. The van der Waals surface area contributed by atoms with Crippen LogP contribution in [0.3, 0.4) is 0 Å². The van der Waals surface area contributed by atoms with Crippen molar-refractivity contribution in [2.24, 2.45) is 0 Å². The number of benzene rings is 16. The Labute approximate surface area is 794 Å². The maximum Gasteiger partial charge on any atom is 0.416 e. The van der Waals surface area contributed by atoms with E-state index in [9.17, 15) is 27.9 Å². The van der Waals surface area contributed by atoms with Crippen molar-refractivity contribution >= 4 is 35.8 Å². The summed E-state index contributed by atoms with van der Waals surface area (Å²) in [4.78, 5) is 91.3. The number of carbonyl (C=O) groups is 6. The first-order valence-electron chi connectivity index (χ1n) is 44.1. The summed E-state index contributed by atoms with van der Waals surface area (Å²) in [6, 6.07) is 107. The molecule has 0 radical (unpaired) electrons. The Kier molecular flexibility index (Phi) is 21.7. The number of ether oxygens (including phenoxy) is 15. The molecule has 0 spiro atoms. The third-order valence-electron chi connectivity index (χ3n) is 24.1. The zero-order valence-corrected chi connectivity index (χ0v) is 73.0. The summed E-state index contributed by atoms with van der Waals surface area (Å²) in [7, 11) is 0. The third-order valence-corrected chi connectivity index (χ3v) is 24.1. The summed E-state index contributed by atoms with van der Waals surface area (Å²) in [6.45, 7) is 0. The van der Waals surface area contributed by atoms with Crippen LogP contribution in [0.1, 0.15) is 135 Å². The molecule has 140 heavy (non-hydrogen) atoms. The van der Waals surface area contributed by atoms with E-state index in [0.29, 0.717) is 66.9 Å². The molecule has 6 heterocycles. The number of aromatic carboxylic acids is 1. The van der Waals surface area contributed by atoms with E-state index < -0.39 is 93.7 Å². The highest BCUT2D eigenvalue weighted by Gasteiger charge is 2.54. The van der Waals surface area contributed by atoms with Crippen molar-refractivity contribution in [1.29, 1.82) is 0 Å². The highest BCUT2D eigenvalue weighted by atomic mass is 19.4. The van der Waals surface area contributed by atoms with Gasteiger partial charge >= 0.3 is 70.9 Å². The van der Waals surface area contributed by atoms with Gasteiger partial charge in [0.1, 0.15) is 5.69 Å². The highest BCUT2D eigenvalue weighted by molar-refractivity contribution is 6.00. The number of aryl methyl sites for hydroxylation is 2. The number of rotatable bonds is 24. The van der Waals surface area contributed by atoms with Crippen LogP contribution in [-0.4, -0.2) is 51.1 Å². The molecule has 2 N–H and O–H groups in total. The number of nitrogens with zero attached hydrogens (tertiary/aromatic N) is 1. The van der Waals surface area contributed by atoms with Crippen LogP contribution in [0.4, 0.5) is 13.2 Å². The number of aromatic nitrogens is 2. The van der Waals surface area contributed by atoms with Gasteiger partial charge in [-0.25, -0.2) is 28.8 Å². The van der Waals surface area contributed by atoms with Crippen molar-refractivity contribution in [2.75, 3.05) is 0 Å². The maximum absolute atomic E-state index is 16.1. The fourth-order valence-corrected chi connectivity index (χ4v) is 17.4. The molecule has 686 valence electrons. The fourth-order valence-electron chi connectivity index (χ4n) is 17.4. The van der Waals surface area contributed by atoms with Gasteiger partial charge in [-0.2, -0.15) is 18.3 Å². The van der Waals surface area contributed by atoms with Crippen LogP contribution in [0.2, 0.25) is 0 Å². The monoisotopic (exact) mass is 1860 g/mol.